The van der Waals surface area contributed by atoms with E-state index in [-0.39, 0.29) is 19.5 Å². The number of likely N-dealkylation sites (tertiary alicyclic amines) is 2. The predicted molar refractivity (Wildman–Crippen MR) is 103 cm³/mol. The maximum atomic E-state index is 12.8. The lowest BCUT2D eigenvalue weighted by atomic mass is 10.1. The van der Waals surface area contributed by atoms with Crippen LogP contribution in [0.4, 0.5) is 0 Å². The van der Waals surface area contributed by atoms with Crippen LogP contribution in [0.2, 0.25) is 0 Å². The number of carboxylic acid groups (broad SMARTS) is 1. The number of rotatable bonds is 8. The van der Waals surface area contributed by atoms with Crippen LogP contribution < -0.4 is 16.8 Å². The third-order valence-corrected chi connectivity index (χ3v) is 5.44. The van der Waals surface area contributed by atoms with Crippen molar-refractivity contribution in [2.45, 2.75) is 69.3 Å². The molecule has 12 nitrogen and oxygen atoms in total. The van der Waals surface area contributed by atoms with Crippen LogP contribution in [-0.4, -0.2) is 93.0 Å². The second-order valence-corrected chi connectivity index (χ2v) is 7.72. The highest BCUT2D eigenvalue weighted by molar-refractivity contribution is 5.95. The summed E-state index contributed by atoms with van der Waals surface area (Å²) in [5, 5.41) is 21.8. The number of hydrogen-bond acceptors (Lipinski definition) is 7. The lowest BCUT2D eigenvalue weighted by Crippen LogP contribution is -2.59. The molecule has 0 radical (unpaired) electrons. The first-order chi connectivity index (χ1) is 14.0. The molecular formula is C18H29N5O7. The number of aliphatic carboxylic acids is 1. The Morgan fingerprint density at radius 3 is 2.07 bits per heavy atom. The van der Waals surface area contributed by atoms with E-state index in [0.717, 1.165) is 4.90 Å². The summed E-state index contributed by atoms with van der Waals surface area (Å²) in [6.45, 7) is 1.78. The van der Waals surface area contributed by atoms with Crippen LogP contribution in [0, 0.1) is 0 Å². The van der Waals surface area contributed by atoms with Crippen molar-refractivity contribution in [3.63, 3.8) is 0 Å². The third-order valence-electron chi connectivity index (χ3n) is 5.44. The average molecular weight is 427 g/mol. The number of nitrogens with one attached hydrogen (secondary N) is 1. The zero-order chi connectivity index (χ0) is 22.6. The smallest absolute Gasteiger partial charge is 0.326 e. The number of carboxylic acids is 1. The number of nitrogens with two attached hydrogens (primary N) is 2. The Balaban J connectivity index is 2.10. The van der Waals surface area contributed by atoms with Gasteiger partial charge in [0.15, 0.2) is 0 Å². The minimum atomic E-state index is -1.35. The molecule has 0 saturated carbocycles. The largest absolute Gasteiger partial charge is 0.480 e. The minimum Gasteiger partial charge on any atom is -0.480 e. The molecule has 2 saturated heterocycles. The first-order valence-electron chi connectivity index (χ1n) is 9.90. The Hall–Kier alpha value is -2.73. The average Bonchev–Trinajstić information content (AvgIpc) is 3.33. The maximum Gasteiger partial charge on any atom is 0.326 e. The predicted octanol–water partition coefficient (Wildman–Crippen LogP) is -2.88. The van der Waals surface area contributed by atoms with E-state index in [2.05, 4.69) is 5.32 Å². The van der Waals surface area contributed by atoms with E-state index in [1.165, 1.54) is 11.8 Å². The summed E-state index contributed by atoms with van der Waals surface area (Å²) in [7, 11) is 0. The topological polar surface area (TPSA) is 196 Å². The number of primary amides is 1. The van der Waals surface area contributed by atoms with E-state index < -0.39 is 59.9 Å². The van der Waals surface area contributed by atoms with Crippen molar-refractivity contribution in [1.29, 1.82) is 0 Å². The minimum absolute atomic E-state index is 0.213. The Morgan fingerprint density at radius 2 is 1.57 bits per heavy atom. The van der Waals surface area contributed by atoms with Gasteiger partial charge in [0, 0.05) is 13.1 Å². The van der Waals surface area contributed by atoms with Crippen molar-refractivity contribution in [2.75, 3.05) is 13.1 Å². The van der Waals surface area contributed by atoms with Gasteiger partial charge in [-0.15, -0.1) is 0 Å². The molecule has 0 aromatic carbocycles. The first kappa shape index (κ1) is 23.5. The number of carbonyl (C=O) groups excluding carboxylic acids is 4. The van der Waals surface area contributed by atoms with Gasteiger partial charge < -0.3 is 36.8 Å². The summed E-state index contributed by atoms with van der Waals surface area (Å²) >= 11 is 0. The molecule has 30 heavy (non-hydrogen) atoms. The highest BCUT2D eigenvalue weighted by atomic mass is 16.4. The highest BCUT2D eigenvalue weighted by Crippen LogP contribution is 2.21. The van der Waals surface area contributed by atoms with Gasteiger partial charge in [0.05, 0.1) is 18.6 Å². The molecule has 0 aliphatic carbocycles. The van der Waals surface area contributed by atoms with Gasteiger partial charge in [-0.1, -0.05) is 0 Å². The van der Waals surface area contributed by atoms with E-state index >= 15 is 0 Å². The van der Waals surface area contributed by atoms with Gasteiger partial charge >= 0.3 is 5.97 Å². The maximum absolute atomic E-state index is 12.8. The second-order valence-electron chi connectivity index (χ2n) is 7.72. The number of amides is 4. The lowest BCUT2D eigenvalue weighted by Gasteiger charge is -2.31. The van der Waals surface area contributed by atoms with Gasteiger partial charge in [-0.3, -0.25) is 19.2 Å². The van der Waals surface area contributed by atoms with E-state index in [4.69, 9.17) is 11.5 Å². The molecule has 0 bridgehead atoms. The summed E-state index contributed by atoms with van der Waals surface area (Å²) < 4.78 is 0. The molecule has 0 aromatic rings. The Kier molecular flexibility index (Phi) is 7.73. The van der Waals surface area contributed by atoms with Gasteiger partial charge in [0.25, 0.3) is 0 Å². The van der Waals surface area contributed by atoms with Crippen molar-refractivity contribution in [1.82, 2.24) is 15.1 Å². The van der Waals surface area contributed by atoms with E-state index in [1.54, 1.807) is 0 Å². The second kappa shape index (κ2) is 9.85. The Labute approximate surface area is 173 Å². The quantitative estimate of drug-likeness (QED) is 0.272. The molecular weight excluding hydrogens is 398 g/mol. The molecule has 2 heterocycles. The van der Waals surface area contributed by atoms with Crippen LogP contribution in [-0.2, 0) is 24.0 Å². The number of nitrogens with zero attached hydrogens (tertiary/aromatic N) is 2. The lowest BCUT2D eigenvalue weighted by molar-refractivity contribution is -0.151. The molecule has 2 aliphatic heterocycles. The number of aliphatic hydroxyl groups excluding tert-OH is 1. The van der Waals surface area contributed by atoms with Crippen LogP contribution in [0.5, 0.6) is 0 Å². The van der Waals surface area contributed by atoms with Crippen molar-refractivity contribution < 1.29 is 34.2 Å². The van der Waals surface area contributed by atoms with Crippen molar-refractivity contribution in [2.24, 2.45) is 11.5 Å². The fraction of sp³-hybridized carbons (Fsp3) is 0.722. The Bertz CT molecular complexity index is 713. The van der Waals surface area contributed by atoms with E-state index in [9.17, 15) is 34.2 Å². The molecule has 5 unspecified atom stereocenters. The van der Waals surface area contributed by atoms with Crippen molar-refractivity contribution in [3.05, 3.63) is 0 Å². The Morgan fingerprint density at radius 1 is 1.03 bits per heavy atom. The zero-order valence-corrected chi connectivity index (χ0v) is 16.8. The van der Waals surface area contributed by atoms with Crippen molar-refractivity contribution >= 4 is 29.6 Å². The molecule has 2 rings (SSSR count). The summed E-state index contributed by atoms with van der Waals surface area (Å²) in [5.74, 6) is -3.83. The standard InChI is InChI=1S/C18H29N5O7/c1-9(24)14(17(28)23-7-3-5-12(23)18(29)30)21-15(26)11-4-2-6-22(11)16(27)10(19)8-13(20)25/h9-12,14,24H,2-8,19H2,1H3,(H2,20,25)(H,21,26)(H,29,30). The molecule has 168 valence electrons. The normalized spacial score (nSPS) is 24.2. The van der Waals surface area contributed by atoms with Gasteiger partial charge in [-0.25, -0.2) is 4.79 Å². The molecule has 0 aromatic heterocycles. The molecule has 5 atom stereocenters. The van der Waals surface area contributed by atoms with Crippen LogP contribution in [0.3, 0.4) is 0 Å². The van der Waals surface area contributed by atoms with Gasteiger partial charge in [-0.05, 0) is 32.6 Å². The van der Waals surface area contributed by atoms with Crippen LogP contribution in [0.1, 0.15) is 39.0 Å². The zero-order valence-electron chi connectivity index (χ0n) is 16.8. The fourth-order valence-corrected chi connectivity index (χ4v) is 3.92. The summed E-state index contributed by atoms with van der Waals surface area (Å²) in [5.41, 5.74) is 10.8. The van der Waals surface area contributed by atoms with Crippen molar-refractivity contribution in [3.8, 4) is 0 Å². The molecule has 12 heteroatoms. The van der Waals surface area contributed by atoms with Gasteiger partial charge in [0.1, 0.15) is 18.1 Å². The van der Waals surface area contributed by atoms with Gasteiger partial charge in [-0.2, -0.15) is 0 Å². The fourth-order valence-electron chi connectivity index (χ4n) is 3.92. The molecule has 4 amide bonds. The van der Waals surface area contributed by atoms with Crippen LogP contribution >= 0.6 is 0 Å². The molecule has 2 fully saturated rings. The molecule has 7 N–H and O–H groups in total. The SMILES string of the molecule is CC(O)C(NC(=O)C1CCCN1C(=O)C(N)CC(N)=O)C(=O)N1CCCC1C(=O)O. The summed E-state index contributed by atoms with van der Waals surface area (Å²) in [4.78, 5) is 62.9. The first-order valence-corrected chi connectivity index (χ1v) is 9.90. The van der Waals surface area contributed by atoms with Gasteiger partial charge in [0.2, 0.25) is 23.6 Å². The monoisotopic (exact) mass is 427 g/mol. The van der Waals surface area contributed by atoms with Crippen LogP contribution in [0.15, 0.2) is 0 Å². The van der Waals surface area contributed by atoms with Crippen LogP contribution in [0.25, 0.3) is 0 Å². The summed E-state index contributed by atoms with van der Waals surface area (Å²) in [6.07, 6.45) is 0.00986. The van der Waals surface area contributed by atoms with E-state index in [1.807, 2.05) is 0 Å². The molecule has 0 spiro atoms. The third kappa shape index (κ3) is 5.25. The molecule has 2 aliphatic rings. The summed E-state index contributed by atoms with van der Waals surface area (Å²) in [6, 6.07) is -4.45. The van der Waals surface area contributed by atoms with E-state index in [0.29, 0.717) is 25.7 Å². The number of aliphatic hydroxyl groups is 1. The highest BCUT2D eigenvalue weighted by Gasteiger charge is 2.42. The number of carbonyl (C=O) groups is 5. The number of hydrogen-bond donors (Lipinski definition) is 5.